The Morgan fingerprint density at radius 2 is 1.86 bits per heavy atom. The van der Waals surface area contributed by atoms with E-state index in [4.69, 9.17) is 14.7 Å². The summed E-state index contributed by atoms with van der Waals surface area (Å²) in [7, 11) is 0. The third-order valence-electron chi connectivity index (χ3n) is 4.06. The predicted octanol–water partition coefficient (Wildman–Crippen LogP) is 1.69. The minimum absolute atomic E-state index is 0.116. The fraction of sp³-hybridized carbons (Fsp3) is 0.562. The van der Waals surface area contributed by atoms with Crippen LogP contribution in [0.25, 0.3) is 0 Å². The van der Waals surface area contributed by atoms with Gasteiger partial charge in [-0.2, -0.15) is 5.26 Å². The summed E-state index contributed by atoms with van der Waals surface area (Å²) in [5.74, 6) is 1.81. The summed E-state index contributed by atoms with van der Waals surface area (Å²) in [5, 5.41) is 8.88. The van der Waals surface area contributed by atoms with Crippen molar-refractivity contribution in [2.45, 2.75) is 13.5 Å². The lowest BCUT2D eigenvalue weighted by Gasteiger charge is -2.35. The zero-order chi connectivity index (χ0) is 14.7. The van der Waals surface area contributed by atoms with E-state index in [9.17, 15) is 0 Å². The number of hydrogen-bond donors (Lipinski definition) is 0. The molecule has 0 N–H and O–H groups in total. The maximum atomic E-state index is 8.88. The molecule has 0 aromatic heterocycles. The van der Waals surface area contributed by atoms with Gasteiger partial charge in [0.25, 0.3) is 0 Å². The number of hydrogen-bond acceptors (Lipinski definition) is 5. The number of rotatable bonds is 4. The quantitative estimate of drug-likeness (QED) is 0.843. The second kappa shape index (κ2) is 6.33. The molecule has 112 valence electrons. The molecule has 5 nitrogen and oxygen atoms in total. The summed E-state index contributed by atoms with van der Waals surface area (Å²) in [5.41, 5.74) is 1.26. The van der Waals surface area contributed by atoms with Gasteiger partial charge in [-0.15, -0.1) is 0 Å². The van der Waals surface area contributed by atoms with Crippen LogP contribution in [-0.2, 0) is 6.54 Å². The van der Waals surface area contributed by atoms with E-state index in [0.717, 1.165) is 50.8 Å². The topological polar surface area (TPSA) is 48.7 Å². The van der Waals surface area contributed by atoms with Crippen molar-refractivity contribution in [2.24, 2.45) is 5.92 Å². The van der Waals surface area contributed by atoms with E-state index >= 15 is 0 Å². The number of fused-ring (bicyclic) bond motifs is 1. The molecule has 3 rings (SSSR count). The van der Waals surface area contributed by atoms with Crippen LogP contribution in [0.3, 0.4) is 0 Å². The summed E-state index contributed by atoms with van der Waals surface area (Å²) in [4.78, 5) is 4.83. The molecular weight excluding hydrogens is 266 g/mol. The summed E-state index contributed by atoms with van der Waals surface area (Å²) in [6, 6.07) is 8.48. The van der Waals surface area contributed by atoms with E-state index in [-0.39, 0.29) is 5.92 Å². The standard InChI is InChI=1S/C16H21N3O2/c1-13(9-17)10-18-4-6-19(7-5-18)11-14-2-3-15-16(8-14)21-12-20-15/h2-3,8,13H,4-7,10-12H2,1H3/t13-/m1/s1. The van der Waals surface area contributed by atoms with Gasteiger partial charge in [0.2, 0.25) is 6.79 Å². The van der Waals surface area contributed by atoms with Crippen LogP contribution in [0.4, 0.5) is 0 Å². The Hall–Kier alpha value is -1.77. The molecule has 1 atom stereocenters. The molecule has 2 aliphatic rings. The lowest BCUT2D eigenvalue weighted by molar-refractivity contribution is 0.121. The van der Waals surface area contributed by atoms with Crippen LogP contribution in [0.5, 0.6) is 11.5 Å². The van der Waals surface area contributed by atoms with Gasteiger partial charge < -0.3 is 9.47 Å². The van der Waals surface area contributed by atoms with Crippen LogP contribution in [0.1, 0.15) is 12.5 Å². The molecular formula is C16H21N3O2. The smallest absolute Gasteiger partial charge is 0.231 e. The molecule has 0 unspecified atom stereocenters. The van der Waals surface area contributed by atoms with Crippen molar-refractivity contribution in [1.29, 1.82) is 5.26 Å². The zero-order valence-corrected chi connectivity index (χ0v) is 12.4. The Morgan fingerprint density at radius 1 is 1.14 bits per heavy atom. The average molecular weight is 287 g/mol. The molecule has 0 aliphatic carbocycles. The van der Waals surface area contributed by atoms with E-state index in [1.807, 2.05) is 13.0 Å². The maximum absolute atomic E-state index is 8.88. The third-order valence-corrected chi connectivity index (χ3v) is 4.06. The van der Waals surface area contributed by atoms with Gasteiger partial charge >= 0.3 is 0 Å². The molecule has 0 spiro atoms. The van der Waals surface area contributed by atoms with Crippen molar-refractivity contribution in [3.8, 4) is 17.6 Å². The molecule has 0 saturated carbocycles. The normalized spacial score (nSPS) is 20.2. The molecule has 1 aromatic rings. The van der Waals surface area contributed by atoms with Crippen molar-refractivity contribution in [1.82, 2.24) is 9.80 Å². The van der Waals surface area contributed by atoms with Crippen molar-refractivity contribution in [3.63, 3.8) is 0 Å². The van der Waals surface area contributed by atoms with Crippen molar-refractivity contribution >= 4 is 0 Å². The van der Waals surface area contributed by atoms with Gasteiger partial charge in [0, 0.05) is 39.3 Å². The highest BCUT2D eigenvalue weighted by atomic mass is 16.7. The Bertz CT molecular complexity index is 533. The molecule has 0 bridgehead atoms. The van der Waals surface area contributed by atoms with Gasteiger partial charge in [-0.3, -0.25) is 9.80 Å². The average Bonchev–Trinajstić information content (AvgIpc) is 2.96. The SMILES string of the molecule is C[C@H](C#N)CN1CCN(Cc2ccc3c(c2)OCO3)CC1. The van der Waals surface area contributed by atoms with Crippen LogP contribution in [0.2, 0.25) is 0 Å². The second-order valence-corrected chi connectivity index (χ2v) is 5.79. The van der Waals surface area contributed by atoms with Crippen LogP contribution < -0.4 is 9.47 Å². The highest BCUT2D eigenvalue weighted by Gasteiger charge is 2.19. The van der Waals surface area contributed by atoms with Gasteiger partial charge in [0.15, 0.2) is 11.5 Å². The largest absolute Gasteiger partial charge is 0.454 e. The highest BCUT2D eigenvalue weighted by Crippen LogP contribution is 2.32. The molecule has 21 heavy (non-hydrogen) atoms. The first kappa shape index (κ1) is 14.2. The molecule has 1 saturated heterocycles. The second-order valence-electron chi connectivity index (χ2n) is 5.79. The summed E-state index contributed by atoms with van der Waals surface area (Å²) in [6.45, 7) is 8.31. The number of benzene rings is 1. The van der Waals surface area contributed by atoms with Crippen molar-refractivity contribution in [2.75, 3.05) is 39.5 Å². The first-order valence-corrected chi connectivity index (χ1v) is 7.47. The van der Waals surface area contributed by atoms with Gasteiger partial charge in [-0.05, 0) is 24.6 Å². The predicted molar refractivity (Wildman–Crippen MR) is 79.1 cm³/mol. The molecule has 1 fully saturated rings. The van der Waals surface area contributed by atoms with E-state index in [2.05, 4.69) is 28.0 Å². The number of piperazine rings is 1. The number of nitrogens with zero attached hydrogens (tertiary/aromatic N) is 3. The van der Waals surface area contributed by atoms with Crippen LogP contribution >= 0.6 is 0 Å². The Morgan fingerprint density at radius 3 is 2.62 bits per heavy atom. The van der Waals surface area contributed by atoms with Gasteiger partial charge in [0.1, 0.15) is 0 Å². The summed E-state index contributed by atoms with van der Waals surface area (Å²) in [6.07, 6.45) is 0. The Kier molecular flexibility index (Phi) is 4.28. The number of ether oxygens (including phenoxy) is 2. The first-order chi connectivity index (χ1) is 10.2. The summed E-state index contributed by atoms with van der Waals surface area (Å²) >= 11 is 0. The van der Waals surface area contributed by atoms with Crippen molar-refractivity contribution < 1.29 is 9.47 Å². The number of nitriles is 1. The molecule has 0 amide bonds. The van der Waals surface area contributed by atoms with Crippen LogP contribution in [0.15, 0.2) is 18.2 Å². The zero-order valence-electron chi connectivity index (χ0n) is 12.4. The monoisotopic (exact) mass is 287 g/mol. The minimum Gasteiger partial charge on any atom is -0.454 e. The molecule has 2 aliphatic heterocycles. The van der Waals surface area contributed by atoms with E-state index in [1.165, 1.54) is 5.56 Å². The van der Waals surface area contributed by atoms with Gasteiger partial charge in [-0.25, -0.2) is 0 Å². The van der Waals surface area contributed by atoms with Crippen LogP contribution in [0, 0.1) is 17.2 Å². The fourth-order valence-electron chi connectivity index (χ4n) is 2.86. The molecule has 2 heterocycles. The Balaban J connectivity index is 1.50. The van der Waals surface area contributed by atoms with Crippen molar-refractivity contribution in [3.05, 3.63) is 23.8 Å². The first-order valence-electron chi connectivity index (χ1n) is 7.47. The maximum Gasteiger partial charge on any atom is 0.231 e. The lowest BCUT2D eigenvalue weighted by Crippen LogP contribution is -2.46. The summed E-state index contributed by atoms with van der Waals surface area (Å²) < 4.78 is 10.8. The van der Waals surface area contributed by atoms with E-state index in [0.29, 0.717) is 6.79 Å². The molecule has 0 radical (unpaired) electrons. The molecule has 5 heteroatoms. The third kappa shape index (κ3) is 3.46. The van der Waals surface area contributed by atoms with Crippen LogP contribution in [-0.4, -0.2) is 49.3 Å². The fourth-order valence-corrected chi connectivity index (χ4v) is 2.86. The van der Waals surface area contributed by atoms with E-state index in [1.54, 1.807) is 0 Å². The minimum atomic E-state index is 0.116. The Labute approximate surface area is 125 Å². The van der Waals surface area contributed by atoms with E-state index < -0.39 is 0 Å². The lowest BCUT2D eigenvalue weighted by atomic mass is 10.1. The van der Waals surface area contributed by atoms with Gasteiger partial charge in [0.05, 0.1) is 12.0 Å². The highest BCUT2D eigenvalue weighted by molar-refractivity contribution is 5.44. The molecule has 1 aromatic carbocycles. The van der Waals surface area contributed by atoms with Gasteiger partial charge in [-0.1, -0.05) is 6.07 Å².